The van der Waals surface area contributed by atoms with Crippen LogP contribution in [-0.2, 0) is 4.79 Å². The Morgan fingerprint density at radius 3 is 2.70 bits per heavy atom. The molecule has 1 aromatic carbocycles. The fourth-order valence-corrected chi connectivity index (χ4v) is 4.91. The number of fused-ring (bicyclic) bond motifs is 1. The maximum Gasteiger partial charge on any atom is 0.247 e. The largest absolute Gasteiger partial charge is 0.489 e. The number of hydrogen-bond donors (Lipinski definition) is 2. The number of aromatic nitrogens is 2. The average Bonchev–Trinajstić information content (AvgIpc) is 3.08. The molecule has 0 aliphatic carbocycles. The predicted octanol–water partition coefficient (Wildman–Crippen LogP) is 5.39. The number of carbonyl (C=O) groups excluding carboxylic acids is 1. The first-order valence-electron chi connectivity index (χ1n) is 10.4. The molecule has 2 N–H and O–H groups in total. The van der Waals surface area contributed by atoms with Gasteiger partial charge in [-0.1, -0.05) is 45.3 Å². The van der Waals surface area contributed by atoms with E-state index in [4.69, 9.17) is 4.74 Å². The highest BCUT2D eigenvalue weighted by molar-refractivity contribution is 6.89. The van der Waals surface area contributed by atoms with Gasteiger partial charge in [-0.2, -0.15) is 0 Å². The number of aromatic amines is 1. The van der Waals surface area contributed by atoms with Crippen LogP contribution in [0, 0.1) is 6.92 Å². The Kier molecular flexibility index (Phi) is 6.17. The molecule has 6 heteroatoms. The van der Waals surface area contributed by atoms with Gasteiger partial charge in [0.1, 0.15) is 11.4 Å². The number of nitrogens with one attached hydrogen (secondary N) is 2. The summed E-state index contributed by atoms with van der Waals surface area (Å²) in [4.78, 5) is 20.1. The summed E-state index contributed by atoms with van der Waals surface area (Å²) in [6, 6.07) is 8.25. The number of benzene rings is 1. The lowest BCUT2D eigenvalue weighted by molar-refractivity contribution is -0.111. The number of carbonyl (C=O) groups is 1. The van der Waals surface area contributed by atoms with Crippen LogP contribution in [0.1, 0.15) is 25.8 Å². The molecule has 0 aliphatic heterocycles. The van der Waals surface area contributed by atoms with Crippen molar-refractivity contribution in [2.24, 2.45) is 0 Å². The number of hydrogen-bond acceptors (Lipinski definition) is 3. The SMILES string of the molecule is C=CC(=O)Nc1cc(-c2c([Si](C)(C)C)[nH]c3ncc(O[C@@H](C)CC)cc23)ccc1C. The molecule has 3 aromatic rings. The Hall–Kier alpha value is -2.86. The molecule has 30 heavy (non-hydrogen) atoms. The van der Waals surface area contributed by atoms with Crippen LogP contribution in [0.3, 0.4) is 0 Å². The van der Waals surface area contributed by atoms with Crippen molar-refractivity contribution in [1.29, 1.82) is 0 Å². The van der Waals surface area contributed by atoms with Gasteiger partial charge in [-0.15, -0.1) is 0 Å². The lowest BCUT2D eigenvalue weighted by Crippen LogP contribution is -2.39. The Balaban J connectivity index is 2.22. The van der Waals surface area contributed by atoms with Crippen LogP contribution in [-0.4, -0.2) is 30.1 Å². The lowest BCUT2D eigenvalue weighted by atomic mass is 10.0. The smallest absolute Gasteiger partial charge is 0.247 e. The van der Waals surface area contributed by atoms with Crippen molar-refractivity contribution >= 4 is 36.0 Å². The maximum absolute atomic E-state index is 11.9. The molecule has 3 rings (SSSR count). The van der Waals surface area contributed by atoms with Crippen LogP contribution >= 0.6 is 0 Å². The molecule has 1 amide bonds. The minimum Gasteiger partial charge on any atom is -0.489 e. The number of amides is 1. The van der Waals surface area contributed by atoms with Crippen molar-refractivity contribution in [2.75, 3.05) is 5.32 Å². The predicted molar refractivity (Wildman–Crippen MR) is 128 cm³/mol. The molecule has 2 heterocycles. The van der Waals surface area contributed by atoms with E-state index >= 15 is 0 Å². The monoisotopic (exact) mass is 421 g/mol. The number of rotatable bonds is 7. The van der Waals surface area contributed by atoms with E-state index in [1.165, 1.54) is 11.4 Å². The summed E-state index contributed by atoms with van der Waals surface area (Å²) in [5.74, 6) is 0.553. The minimum atomic E-state index is -1.71. The average molecular weight is 422 g/mol. The van der Waals surface area contributed by atoms with Crippen LogP contribution < -0.4 is 15.4 Å². The third-order valence-corrected chi connectivity index (χ3v) is 7.13. The molecule has 0 spiro atoms. The number of H-pyrrole nitrogens is 1. The number of aryl methyl sites for hydroxylation is 1. The minimum absolute atomic E-state index is 0.128. The summed E-state index contributed by atoms with van der Waals surface area (Å²) in [5, 5.41) is 5.19. The first-order valence-corrected chi connectivity index (χ1v) is 13.9. The van der Waals surface area contributed by atoms with E-state index in [1.54, 1.807) is 6.20 Å². The maximum atomic E-state index is 11.9. The summed E-state index contributed by atoms with van der Waals surface area (Å²) >= 11 is 0. The lowest BCUT2D eigenvalue weighted by Gasteiger charge is -2.18. The van der Waals surface area contributed by atoms with Crippen LogP contribution in [0.25, 0.3) is 22.2 Å². The van der Waals surface area contributed by atoms with E-state index < -0.39 is 8.07 Å². The van der Waals surface area contributed by atoms with Crippen LogP contribution in [0.2, 0.25) is 19.6 Å². The summed E-state index contributed by atoms with van der Waals surface area (Å²) in [6.45, 7) is 16.6. The van der Waals surface area contributed by atoms with Gasteiger partial charge >= 0.3 is 0 Å². The van der Waals surface area contributed by atoms with Gasteiger partial charge in [0.25, 0.3) is 0 Å². The molecule has 0 unspecified atom stereocenters. The highest BCUT2D eigenvalue weighted by Gasteiger charge is 2.26. The highest BCUT2D eigenvalue weighted by Crippen LogP contribution is 2.33. The zero-order valence-electron chi connectivity index (χ0n) is 18.7. The Bertz CT molecular complexity index is 1100. The van der Waals surface area contributed by atoms with Gasteiger partial charge in [0.05, 0.1) is 20.4 Å². The molecular weight excluding hydrogens is 390 g/mol. The first-order chi connectivity index (χ1) is 14.1. The topological polar surface area (TPSA) is 67.0 Å². The van der Waals surface area contributed by atoms with E-state index in [2.05, 4.69) is 67.5 Å². The van der Waals surface area contributed by atoms with Gasteiger partial charge in [-0.3, -0.25) is 4.79 Å². The molecular formula is C24H31N3O2Si. The second-order valence-corrected chi connectivity index (χ2v) is 13.8. The van der Waals surface area contributed by atoms with E-state index in [-0.39, 0.29) is 12.0 Å². The molecule has 0 saturated heterocycles. The quantitative estimate of drug-likeness (QED) is 0.397. The summed E-state index contributed by atoms with van der Waals surface area (Å²) in [5.41, 5.74) is 4.83. The summed E-state index contributed by atoms with van der Waals surface area (Å²) in [7, 11) is -1.71. The van der Waals surface area contributed by atoms with Crippen molar-refractivity contribution in [3.05, 3.63) is 48.7 Å². The van der Waals surface area contributed by atoms with Gasteiger partial charge in [0, 0.05) is 22.0 Å². The normalized spacial score (nSPS) is 12.6. The van der Waals surface area contributed by atoms with E-state index in [9.17, 15) is 4.79 Å². The second kappa shape index (κ2) is 8.48. The van der Waals surface area contributed by atoms with Gasteiger partial charge in [-0.05, 0) is 49.6 Å². The Morgan fingerprint density at radius 2 is 2.07 bits per heavy atom. The fourth-order valence-electron chi connectivity index (χ4n) is 3.39. The number of ether oxygens (including phenoxy) is 1. The van der Waals surface area contributed by atoms with E-state index in [1.807, 2.05) is 19.1 Å². The zero-order valence-corrected chi connectivity index (χ0v) is 19.7. The number of anilines is 1. The fraction of sp³-hybridized carbons (Fsp3) is 0.333. The molecule has 158 valence electrons. The molecule has 0 bridgehead atoms. The van der Waals surface area contributed by atoms with Crippen molar-refractivity contribution in [3.63, 3.8) is 0 Å². The van der Waals surface area contributed by atoms with Gasteiger partial charge in [0.2, 0.25) is 5.91 Å². The Morgan fingerprint density at radius 1 is 1.33 bits per heavy atom. The third-order valence-electron chi connectivity index (χ3n) is 5.26. The molecule has 0 aliphatic rings. The van der Waals surface area contributed by atoms with Gasteiger partial charge in [0.15, 0.2) is 0 Å². The van der Waals surface area contributed by atoms with Crippen LogP contribution in [0.4, 0.5) is 5.69 Å². The van der Waals surface area contributed by atoms with Crippen molar-refractivity contribution in [2.45, 2.75) is 52.9 Å². The molecule has 2 aromatic heterocycles. The molecule has 0 radical (unpaired) electrons. The second-order valence-electron chi connectivity index (χ2n) is 8.75. The van der Waals surface area contributed by atoms with E-state index in [0.29, 0.717) is 0 Å². The number of pyridine rings is 1. The third kappa shape index (κ3) is 4.49. The number of nitrogens with zero attached hydrogens (tertiary/aromatic N) is 1. The van der Waals surface area contributed by atoms with Crippen LogP contribution in [0.15, 0.2) is 43.1 Å². The molecule has 1 atom stereocenters. The van der Waals surface area contributed by atoms with Gasteiger partial charge < -0.3 is 15.0 Å². The summed E-state index contributed by atoms with van der Waals surface area (Å²) < 4.78 is 6.03. The zero-order chi connectivity index (χ0) is 22.1. The van der Waals surface area contributed by atoms with Crippen molar-refractivity contribution < 1.29 is 9.53 Å². The molecule has 0 saturated carbocycles. The first kappa shape index (κ1) is 21.8. The molecule has 5 nitrogen and oxygen atoms in total. The van der Waals surface area contributed by atoms with Crippen molar-refractivity contribution in [1.82, 2.24) is 9.97 Å². The van der Waals surface area contributed by atoms with Crippen LogP contribution in [0.5, 0.6) is 5.75 Å². The highest BCUT2D eigenvalue weighted by atomic mass is 28.3. The standard InChI is InChI=1S/C24H31N3O2Si/c1-8-16(4)29-18-13-19-22(24(30(5,6)7)27-23(19)25-14-18)17-11-10-15(3)20(12-17)26-21(28)9-2/h9-14,16H,2,8H2,1,3-7H3,(H,25,27)(H,26,28)/t16-/m0/s1. The molecule has 0 fully saturated rings. The van der Waals surface area contributed by atoms with E-state index in [0.717, 1.165) is 45.6 Å². The Labute approximate surface area is 179 Å². The van der Waals surface area contributed by atoms with Gasteiger partial charge in [-0.25, -0.2) is 4.98 Å². The van der Waals surface area contributed by atoms with Crippen molar-refractivity contribution in [3.8, 4) is 16.9 Å². The summed E-state index contributed by atoms with van der Waals surface area (Å²) in [6.07, 6.45) is 4.13.